The van der Waals surface area contributed by atoms with E-state index in [0.717, 1.165) is 10.0 Å². The van der Waals surface area contributed by atoms with Gasteiger partial charge in [-0.15, -0.1) is 0 Å². The molecule has 0 unspecified atom stereocenters. The van der Waals surface area contributed by atoms with Crippen molar-refractivity contribution in [2.75, 3.05) is 11.9 Å². The predicted molar refractivity (Wildman–Crippen MR) is 89.9 cm³/mol. The summed E-state index contributed by atoms with van der Waals surface area (Å²) >= 11 is 3.35. The average Bonchev–Trinajstić information content (AvgIpc) is 2.55. The molecule has 2 aromatic rings. The predicted octanol–water partition coefficient (Wildman–Crippen LogP) is 2.97. The van der Waals surface area contributed by atoms with Gasteiger partial charge in [-0.25, -0.2) is 4.79 Å². The monoisotopic (exact) mass is 377 g/mol. The number of carbonyl (C=O) groups excluding carboxylic acids is 2. The quantitative estimate of drug-likeness (QED) is 0.785. The van der Waals surface area contributed by atoms with E-state index >= 15 is 0 Å². The number of amides is 1. The molecule has 0 bridgehead atoms. The standard InChI is InChI=1S/C17H16BrNO4/c1-11-7-8-14(13(18)9-11)19-15(20)10-23-17(22)16(21)12-5-3-2-4-6-12/h2-9,16,21H,10H2,1H3,(H,19,20)/t16-/m1/s1. The molecule has 5 nitrogen and oxygen atoms in total. The summed E-state index contributed by atoms with van der Waals surface area (Å²) in [5.74, 6) is -1.35. The van der Waals surface area contributed by atoms with E-state index in [9.17, 15) is 14.7 Å². The first-order chi connectivity index (χ1) is 11.0. The van der Waals surface area contributed by atoms with Crippen LogP contribution in [0.3, 0.4) is 0 Å². The number of nitrogens with one attached hydrogen (secondary N) is 1. The second-order valence-corrected chi connectivity index (χ2v) is 5.81. The number of halogens is 1. The van der Waals surface area contributed by atoms with E-state index in [1.54, 1.807) is 36.4 Å². The molecule has 0 fully saturated rings. The van der Waals surface area contributed by atoms with Crippen LogP contribution in [0.15, 0.2) is 53.0 Å². The van der Waals surface area contributed by atoms with Crippen molar-refractivity contribution in [3.63, 3.8) is 0 Å². The van der Waals surface area contributed by atoms with Gasteiger partial charge in [-0.05, 0) is 46.1 Å². The zero-order chi connectivity index (χ0) is 16.8. The highest BCUT2D eigenvalue weighted by atomic mass is 79.9. The summed E-state index contributed by atoms with van der Waals surface area (Å²) in [5.41, 5.74) is 2.05. The third kappa shape index (κ3) is 4.91. The largest absolute Gasteiger partial charge is 0.453 e. The second kappa shape index (κ2) is 7.89. The Hall–Kier alpha value is -2.18. The lowest BCUT2D eigenvalue weighted by molar-refractivity contribution is -0.156. The van der Waals surface area contributed by atoms with Crippen LogP contribution >= 0.6 is 15.9 Å². The molecule has 0 radical (unpaired) electrons. The van der Waals surface area contributed by atoms with E-state index in [1.807, 2.05) is 19.1 Å². The van der Waals surface area contributed by atoms with E-state index in [0.29, 0.717) is 11.3 Å². The first kappa shape index (κ1) is 17.2. The number of aliphatic hydroxyl groups excluding tert-OH is 1. The zero-order valence-electron chi connectivity index (χ0n) is 12.5. The lowest BCUT2D eigenvalue weighted by Gasteiger charge is -2.11. The number of hydrogen-bond donors (Lipinski definition) is 2. The fourth-order valence-electron chi connectivity index (χ4n) is 1.89. The number of benzene rings is 2. The molecule has 1 atom stereocenters. The van der Waals surface area contributed by atoms with Gasteiger partial charge in [0, 0.05) is 4.47 Å². The summed E-state index contributed by atoms with van der Waals surface area (Å²) in [7, 11) is 0. The van der Waals surface area contributed by atoms with Crippen LogP contribution in [0, 0.1) is 6.92 Å². The molecule has 23 heavy (non-hydrogen) atoms. The van der Waals surface area contributed by atoms with Crippen molar-refractivity contribution in [2.24, 2.45) is 0 Å². The number of anilines is 1. The summed E-state index contributed by atoms with van der Waals surface area (Å²) < 4.78 is 5.58. The van der Waals surface area contributed by atoms with Gasteiger partial charge in [0.15, 0.2) is 12.7 Å². The van der Waals surface area contributed by atoms with Gasteiger partial charge in [-0.1, -0.05) is 36.4 Å². The van der Waals surface area contributed by atoms with Crippen LogP contribution in [-0.2, 0) is 14.3 Å². The van der Waals surface area contributed by atoms with E-state index in [-0.39, 0.29) is 0 Å². The van der Waals surface area contributed by atoms with Crippen LogP contribution in [0.1, 0.15) is 17.2 Å². The Morgan fingerprint density at radius 1 is 1.22 bits per heavy atom. The first-order valence-electron chi connectivity index (χ1n) is 6.93. The molecule has 2 N–H and O–H groups in total. The molecule has 1 amide bonds. The first-order valence-corrected chi connectivity index (χ1v) is 7.72. The summed E-state index contributed by atoms with van der Waals surface area (Å²) in [6, 6.07) is 13.9. The molecule has 0 saturated heterocycles. The van der Waals surface area contributed by atoms with Gasteiger partial charge in [0.05, 0.1) is 5.69 Å². The van der Waals surface area contributed by atoms with Crippen LogP contribution in [0.5, 0.6) is 0 Å². The maximum Gasteiger partial charge on any atom is 0.340 e. The fourth-order valence-corrected chi connectivity index (χ4v) is 2.49. The van der Waals surface area contributed by atoms with E-state index in [1.165, 1.54) is 0 Å². The van der Waals surface area contributed by atoms with E-state index in [4.69, 9.17) is 4.74 Å². The summed E-state index contributed by atoms with van der Waals surface area (Å²) in [6.07, 6.45) is -1.41. The maximum atomic E-state index is 11.8. The second-order valence-electron chi connectivity index (χ2n) is 4.95. The number of rotatable bonds is 5. The minimum absolute atomic E-state index is 0.416. The third-order valence-corrected chi connectivity index (χ3v) is 3.74. The lowest BCUT2D eigenvalue weighted by Crippen LogP contribution is -2.24. The van der Waals surface area contributed by atoms with Gasteiger partial charge in [-0.2, -0.15) is 0 Å². The van der Waals surface area contributed by atoms with Crippen molar-refractivity contribution in [2.45, 2.75) is 13.0 Å². The Balaban J connectivity index is 1.87. The molecule has 120 valence electrons. The van der Waals surface area contributed by atoms with Gasteiger partial charge in [0.1, 0.15) is 0 Å². The van der Waals surface area contributed by atoms with Crippen molar-refractivity contribution in [1.82, 2.24) is 0 Å². The van der Waals surface area contributed by atoms with Gasteiger partial charge < -0.3 is 15.2 Å². The molecule has 0 aliphatic rings. The number of carbonyl (C=O) groups is 2. The topological polar surface area (TPSA) is 75.6 Å². The Morgan fingerprint density at radius 3 is 2.57 bits per heavy atom. The summed E-state index contributed by atoms with van der Waals surface area (Å²) in [6.45, 7) is 1.46. The van der Waals surface area contributed by atoms with Crippen LogP contribution < -0.4 is 5.32 Å². The molecule has 0 aliphatic heterocycles. The van der Waals surface area contributed by atoms with Crippen LogP contribution in [0.4, 0.5) is 5.69 Å². The molecule has 0 aliphatic carbocycles. The molecule has 0 heterocycles. The normalized spacial score (nSPS) is 11.6. The Labute approximate surface area is 142 Å². The number of hydrogen-bond acceptors (Lipinski definition) is 4. The molecular formula is C17H16BrNO4. The van der Waals surface area contributed by atoms with Crippen molar-refractivity contribution in [3.8, 4) is 0 Å². The maximum absolute atomic E-state index is 11.8. The average molecular weight is 378 g/mol. The van der Waals surface area contributed by atoms with Crippen LogP contribution in [-0.4, -0.2) is 23.6 Å². The Morgan fingerprint density at radius 2 is 1.91 bits per heavy atom. The SMILES string of the molecule is Cc1ccc(NC(=O)COC(=O)[C@H](O)c2ccccc2)c(Br)c1. The van der Waals surface area contributed by atoms with Crippen LogP contribution in [0.25, 0.3) is 0 Å². The molecule has 2 rings (SSSR count). The zero-order valence-corrected chi connectivity index (χ0v) is 14.0. The lowest BCUT2D eigenvalue weighted by atomic mass is 10.1. The minimum atomic E-state index is -1.41. The molecule has 0 aromatic heterocycles. The molecule has 0 saturated carbocycles. The van der Waals surface area contributed by atoms with Crippen molar-refractivity contribution < 1.29 is 19.4 Å². The fraction of sp³-hybridized carbons (Fsp3) is 0.176. The van der Waals surface area contributed by atoms with Crippen molar-refractivity contribution >= 4 is 33.5 Å². The molecular weight excluding hydrogens is 362 g/mol. The van der Waals surface area contributed by atoms with Crippen molar-refractivity contribution in [3.05, 3.63) is 64.1 Å². The van der Waals surface area contributed by atoms with Crippen molar-refractivity contribution in [1.29, 1.82) is 0 Å². The molecule has 2 aromatic carbocycles. The number of aliphatic hydroxyl groups is 1. The number of esters is 1. The number of aryl methyl sites for hydroxylation is 1. The van der Waals surface area contributed by atoms with E-state index < -0.39 is 24.6 Å². The smallest absolute Gasteiger partial charge is 0.340 e. The van der Waals surface area contributed by atoms with Gasteiger partial charge in [0.25, 0.3) is 5.91 Å². The highest BCUT2D eigenvalue weighted by molar-refractivity contribution is 9.10. The summed E-state index contributed by atoms with van der Waals surface area (Å²) in [4.78, 5) is 23.6. The van der Waals surface area contributed by atoms with Gasteiger partial charge in [0.2, 0.25) is 0 Å². The highest BCUT2D eigenvalue weighted by Gasteiger charge is 2.19. The van der Waals surface area contributed by atoms with Gasteiger partial charge in [-0.3, -0.25) is 4.79 Å². The van der Waals surface area contributed by atoms with Crippen LogP contribution in [0.2, 0.25) is 0 Å². The Kier molecular flexibility index (Phi) is 5.90. The third-order valence-electron chi connectivity index (χ3n) is 3.08. The number of ether oxygens (including phenoxy) is 1. The summed E-state index contributed by atoms with van der Waals surface area (Å²) in [5, 5.41) is 12.5. The highest BCUT2D eigenvalue weighted by Crippen LogP contribution is 2.23. The molecule has 0 spiro atoms. The molecule has 6 heteroatoms. The Bertz CT molecular complexity index is 703. The minimum Gasteiger partial charge on any atom is -0.453 e. The van der Waals surface area contributed by atoms with E-state index in [2.05, 4.69) is 21.2 Å². The van der Waals surface area contributed by atoms with Gasteiger partial charge >= 0.3 is 5.97 Å².